The lowest BCUT2D eigenvalue weighted by molar-refractivity contribution is 1.63. The molecule has 0 N–H and O–H groups in total. The van der Waals surface area contributed by atoms with Gasteiger partial charge in [0.25, 0.3) is 0 Å². The van der Waals surface area contributed by atoms with Gasteiger partial charge in [0.05, 0.1) is 0 Å². The maximum absolute atomic E-state index is 2.34. The summed E-state index contributed by atoms with van der Waals surface area (Å²) < 4.78 is 0. The third-order valence-corrected chi connectivity index (χ3v) is 31.1. The molecule has 0 aliphatic rings. The van der Waals surface area contributed by atoms with Crippen LogP contribution in [0.4, 0.5) is 0 Å². The van der Waals surface area contributed by atoms with Gasteiger partial charge in [0.1, 0.15) is 0 Å². The molecule has 0 bridgehead atoms. The molecule has 31 aromatic rings. The van der Waals surface area contributed by atoms with E-state index in [9.17, 15) is 0 Å². The van der Waals surface area contributed by atoms with Crippen molar-refractivity contribution in [1.82, 2.24) is 0 Å². The van der Waals surface area contributed by atoms with E-state index in [0.29, 0.717) is 0 Å². The maximum Gasteiger partial charge on any atom is -0.00201 e. The Morgan fingerprint density at radius 1 is 0.0676 bits per heavy atom. The highest BCUT2D eigenvalue weighted by Gasteiger charge is 2.27. The van der Waals surface area contributed by atoms with Gasteiger partial charge in [0, 0.05) is 0 Å². The van der Waals surface area contributed by atoms with Gasteiger partial charge in [-0.2, -0.15) is 0 Å². The Kier molecular flexibility index (Phi) is 21.4. The van der Waals surface area contributed by atoms with E-state index < -0.39 is 0 Å². The standard InChI is InChI=1S/C40H24.C36H22.2C36H24/c1-2-13-29-25(9-1)10-8-18-30(29)39-31-14-3-5-16-33(31)40(34-17-6-4-15-32(34)39)36-24-22-28-20-19-26-11-7-12-27-21-23-35(36)38(28)37(26)27;1-2-9-23(10-3-1)34-27-13-4-6-15-29(27)36(30-16-7-5-14-28(30)34)32-22-20-26-18-17-24-11-8-12-25-19-21-31(32)35(26)33(24)25;1-3-13-25(14-4-1)27-23-24-34(29-18-8-7-17-28(27)29)36-32-21-11-9-19-30(32)35(26-15-5-2-6-16-26)31-20-10-12-22-33(31)36;1-2-12-27(13-3-1)35-31-16-6-8-18-33(31)36(34-19-9-7-17-32(34)35)28-23-21-26(22-24-28)30-20-10-14-25-11-4-5-15-29(25)30/h1-24H;1-22H;2*1-24H. The highest BCUT2D eigenvalue weighted by Crippen LogP contribution is 2.54. The molecule has 0 nitrogen and oxygen atoms in total. The summed E-state index contributed by atoms with van der Waals surface area (Å²) in [7, 11) is 0. The second-order valence-corrected chi connectivity index (χ2v) is 39.1. The molecular weight excluding hydrogens is 1780 g/mol. The molecule has 0 atom stereocenters. The molecule has 0 aliphatic heterocycles. The van der Waals surface area contributed by atoms with Crippen molar-refractivity contribution in [2.24, 2.45) is 0 Å². The molecule has 0 radical (unpaired) electrons. The molecule has 0 heteroatoms. The van der Waals surface area contributed by atoms with Crippen LogP contribution in [0.1, 0.15) is 0 Å². The third kappa shape index (κ3) is 14.6. The second-order valence-electron chi connectivity index (χ2n) is 39.1. The van der Waals surface area contributed by atoms with Crippen molar-refractivity contribution in [2.45, 2.75) is 0 Å². The lowest BCUT2D eigenvalue weighted by Crippen LogP contribution is -1.93. The SMILES string of the molecule is c1ccc(-c2c3ccccc3c(-c3ccc(-c4cccc5ccccc45)cc3)c3ccccc23)cc1.c1ccc(-c2c3ccccc3c(-c3ccc4ccc5cccc6ccc3c4c56)c3ccccc23)cc1.c1ccc(-c2ccc(-c3c4ccccc4c(-c4ccccc4)c4ccccc34)c3ccccc23)cc1.c1ccc2c(-c3c4ccccc4c(-c4ccc5ccc6cccc7ccc4c5c67)c4ccccc34)cccc2c1. The van der Waals surface area contributed by atoms with Crippen LogP contribution in [0.3, 0.4) is 0 Å². The van der Waals surface area contributed by atoms with Gasteiger partial charge < -0.3 is 0 Å². The van der Waals surface area contributed by atoms with E-state index in [-0.39, 0.29) is 0 Å². The Labute approximate surface area is 858 Å². The summed E-state index contributed by atoms with van der Waals surface area (Å²) in [6.45, 7) is 0. The Balaban J connectivity index is 0.0000000952. The van der Waals surface area contributed by atoms with Crippen molar-refractivity contribution in [3.05, 3.63) is 570 Å². The molecule has 148 heavy (non-hydrogen) atoms. The van der Waals surface area contributed by atoms with Gasteiger partial charge in [-0.05, 0) is 294 Å². The summed E-state index contributed by atoms with van der Waals surface area (Å²) in [4.78, 5) is 0. The summed E-state index contributed by atoms with van der Waals surface area (Å²) in [6.07, 6.45) is 0. The molecule has 0 amide bonds. The van der Waals surface area contributed by atoms with E-state index in [1.54, 1.807) is 0 Å². The highest BCUT2D eigenvalue weighted by atomic mass is 14.3. The molecule has 0 saturated heterocycles. The first-order chi connectivity index (χ1) is 73.5. The third-order valence-electron chi connectivity index (χ3n) is 31.1. The van der Waals surface area contributed by atoms with Crippen LogP contribution >= 0.6 is 0 Å². The maximum atomic E-state index is 2.34. The van der Waals surface area contributed by atoms with Crippen LogP contribution in [0, 0.1) is 0 Å². The van der Waals surface area contributed by atoms with Gasteiger partial charge in [-0.15, -0.1) is 0 Å². The van der Waals surface area contributed by atoms with Crippen LogP contribution in [-0.4, -0.2) is 0 Å². The van der Waals surface area contributed by atoms with Crippen molar-refractivity contribution in [3.63, 3.8) is 0 Å². The second kappa shape index (κ2) is 36.6. The number of rotatable bonds is 10. The van der Waals surface area contributed by atoms with E-state index in [2.05, 4.69) is 570 Å². The van der Waals surface area contributed by atoms with Gasteiger partial charge in [0.2, 0.25) is 0 Å². The largest absolute Gasteiger partial charge is 0.0622 e. The molecule has 31 aromatic carbocycles. The van der Waals surface area contributed by atoms with Gasteiger partial charge in [-0.1, -0.05) is 570 Å². The Bertz CT molecular complexity index is 10400. The van der Waals surface area contributed by atoms with Crippen molar-refractivity contribution in [1.29, 1.82) is 0 Å². The van der Waals surface area contributed by atoms with Crippen LogP contribution < -0.4 is 0 Å². The molecule has 0 fully saturated rings. The predicted molar refractivity (Wildman–Crippen MR) is 640 cm³/mol. The highest BCUT2D eigenvalue weighted by molar-refractivity contribution is 6.34. The topological polar surface area (TPSA) is 0 Å². The van der Waals surface area contributed by atoms with E-state index >= 15 is 0 Å². The number of fused-ring (bicyclic) bond motifs is 11. The van der Waals surface area contributed by atoms with E-state index in [0.717, 1.165) is 0 Å². The summed E-state index contributed by atoms with van der Waals surface area (Å²) in [6, 6.07) is 208. The minimum absolute atomic E-state index is 1.24. The monoisotopic (exact) mass is 1870 g/mol. The fourth-order valence-electron chi connectivity index (χ4n) is 24.8. The number of hydrogen-bond donors (Lipinski definition) is 0. The summed E-state index contributed by atoms with van der Waals surface area (Å²) in [5.41, 5.74) is 25.6. The summed E-state index contributed by atoms with van der Waals surface area (Å²) in [5.74, 6) is 0. The van der Waals surface area contributed by atoms with Crippen LogP contribution in [0.2, 0.25) is 0 Å². The average Bonchev–Trinajstić information content (AvgIpc) is 0.696. The number of benzene rings is 31. The fraction of sp³-hybridized carbons (Fsp3) is 0. The minimum atomic E-state index is 1.24. The van der Waals surface area contributed by atoms with E-state index in [1.807, 2.05) is 0 Å². The first-order valence-corrected chi connectivity index (χ1v) is 51.4. The van der Waals surface area contributed by atoms with Crippen LogP contribution in [0.5, 0.6) is 0 Å². The summed E-state index contributed by atoms with van der Waals surface area (Å²) >= 11 is 0. The minimum Gasteiger partial charge on any atom is -0.0622 e. The molecule has 0 saturated carbocycles. The lowest BCUT2D eigenvalue weighted by atomic mass is 9.82. The lowest BCUT2D eigenvalue weighted by Gasteiger charge is -2.20. The molecule has 0 heterocycles. The normalized spacial score (nSPS) is 11.6. The van der Waals surface area contributed by atoms with Crippen LogP contribution in [-0.2, 0) is 0 Å². The van der Waals surface area contributed by atoms with Gasteiger partial charge in [0.15, 0.2) is 0 Å². The van der Waals surface area contributed by atoms with Gasteiger partial charge >= 0.3 is 0 Å². The first-order valence-electron chi connectivity index (χ1n) is 51.4. The Morgan fingerprint density at radius 2 is 0.236 bits per heavy atom. The van der Waals surface area contributed by atoms with Crippen LogP contribution in [0.15, 0.2) is 570 Å². The van der Waals surface area contributed by atoms with Crippen molar-refractivity contribution < 1.29 is 0 Å². The molecular formula is C148H94. The van der Waals surface area contributed by atoms with Crippen LogP contribution in [0.25, 0.3) is 294 Å². The molecule has 0 spiro atoms. The van der Waals surface area contributed by atoms with Crippen molar-refractivity contribution in [2.75, 3.05) is 0 Å². The molecule has 0 unspecified atom stereocenters. The van der Waals surface area contributed by atoms with Gasteiger partial charge in [-0.25, -0.2) is 0 Å². The van der Waals surface area contributed by atoms with Gasteiger partial charge in [-0.3, -0.25) is 0 Å². The summed E-state index contributed by atoms with van der Waals surface area (Å²) in [5, 5.41) is 44.2. The smallest absolute Gasteiger partial charge is 0.00201 e. The zero-order valence-corrected chi connectivity index (χ0v) is 81.3. The quantitative estimate of drug-likeness (QED) is 0.0946. The Morgan fingerprint density at radius 3 is 0.561 bits per heavy atom. The molecule has 686 valence electrons. The zero-order chi connectivity index (χ0) is 97.6. The van der Waals surface area contributed by atoms with E-state index in [1.165, 1.54) is 294 Å². The van der Waals surface area contributed by atoms with Crippen molar-refractivity contribution in [3.8, 4) is 111 Å². The number of hydrogen-bond acceptors (Lipinski definition) is 0. The van der Waals surface area contributed by atoms with E-state index in [4.69, 9.17) is 0 Å². The molecule has 0 aliphatic carbocycles. The molecule has 31 rings (SSSR count). The first kappa shape index (κ1) is 86.6. The fourth-order valence-corrected chi connectivity index (χ4v) is 24.8. The Hall–Kier alpha value is -19.2. The average molecular weight is 1870 g/mol. The zero-order valence-electron chi connectivity index (χ0n) is 81.3. The van der Waals surface area contributed by atoms with Crippen molar-refractivity contribution >= 4 is 183 Å². The predicted octanol–water partition coefficient (Wildman–Crippen LogP) is 41.9. The molecule has 0 aromatic heterocycles.